The van der Waals surface area contributed by atoms with Crippen molar-refractivity contribution in [2.24, 2.45) is 0 Å². The van der Waals surface area contributed by atoms with Crippen molar-refractivity contribution in [2.75, 3.05) is 38.1 Å². The topological polar surface area (TPSA) is 53.7 Å². The summed E-state index contributed by atoms with van der Waals surface area (Å²) in [6, 6.07) is 7.67. The molecular weight excluding hydrogens is 314 g/mol. The summed E-state index contributed by atoms with van der Waals surface area (Å²) in [5.74, 6) is 0.986. The quantitative estimate of drug-likeness (QED) is 0.688. The minimum absolute atomic E-state index is 0.0652. The van der Waals surface area contributed by atoms with Crippen molar-refractivity contribution in [1.82, 2.24) is 19.3 Å². The second kappa shape index (κ2) is 6.29. The summed E-state index contributed by atoms with van der Waals surface area (Å²) in [5, 5.41) is 0. The molecule has 0 saturated carbocycles. The number of carbonyl (C=O) groups is 1. The standard InChI is InChI=1S/C19H21N5O/c1-14(25)15-4-3-5-16(12-15)17-13-21-19-18(20-6-7-24(17)19)23-10-8-22(2)9-11-23/h3-7,12-13H,8-11H2,1-2H3. The third-order valence-corrected chi connectivity index (χ3v) is 4.78. The smallest absolute Gasteiger partial charge is 0.180 e. The van der Waals surface area contributed by atoms with E-state index in [1.54, 1.807) is 6.92 Å². The van der Waals surface area contributed by atoms with E-state index in [4.69, 9.17) is 0 Å². The molecule has 2 aromatic heterocycles. The number of hydrogen-bond acceptors (Lipinski definition) is 5. The highest BCUT2D eigenvalue weighted by Crippen LogP contribution is 2.26. The van der Waals surface area contributed by atoms with Gasteiger partial charge in [-0.3, -0.25) is 9.20 Å². The fourth-order valence-corrected chi connectivity index (χ4v) is 3.26. The zero-order valence-corrected chi connectivity index (χ0v) is 14.5. The molecule has 3 heterocycles. The molecule has 0 radical (unpaired) electrons. The summed E-state index contributed by atoms with van der Waals surface area (Å²) in [6.45, 7) is 5.54. The highest BCUT2D eigenvalue weighted by Gasteiger charge is 2.19. The van der Waals surface area contributed by atoms with Crippen LogP contribution in [0.2, 0.25) is 0 Å². The number of benzene rings is 1. The molecule has 128 valence electrons. The maximum Gasteiger partial charge on any atom is 0.180 e. The van der Waals surface area contributed by atoms with E-state index in [-0.39, 0.29) is 5.78 Å². The first-order chi connectivity index (χ1) is 12.1. The van der Waals surface area contributed by atoms with Crippen molar-refractivity contribution in [1.29, 1.82) is 0 Å². The average molecular weight is 335 g/mol. The number of nitrogens with zero attached hydrogens (tertiary/aromatic N) is 5. The summed E-state index contributed by atoms with van der Waals surface area (Å²) >= 11 is 0. The molecule has 0 N–H and O–H groups in total. The Balaban J connectivity index is 1.77. The minimum atomic E-state index is 0.0652. The average Bonchev–Trinajstić information content (AvgIpc) is 3.07. The summed E-state index contributed by atoms with van der Waals surface area (Å²) < 4.78 is 2.06. The molecule has 6 nitrogen and oxygen atoms in total. The van der Waals surface area contributed by atoms with Gasteiger partial charge in [0.1, 0.15) is 0 Å². The van der Waals surface area contributed by atoms with Crippen molar-refractivity contribution >= 4 is 17.2 Å². The van der Waals surface area contributed by atoms with Gasteiger partial charge >= 0.3 is 0 Å². The Bertz CT molecular complexity index is 924. The lowest BCUT2D eigenvalue weighted by molar-refractivity contribution is 0.101. The Morgan fingerprint density at radius 1 is 1.12 bits per heavy atom. The number of fused-ring (bicyclic) bond motifs is 1. The van der Waals surface area contributed by atoms with Crippen LogP contribution in [0.15, 0.2) is 42.9 Å². The van der Waals surface area contributed by atoms with Gasteiger partial charge in [0, 0.05) is 49.7 Å². The number of rotatable bonds is 3. The van der Waals surface area contributed by atoms with Crippen LogP contribution in [0.3, 0.4) is 0 Å². The molecule has 1 saturated heterocycles. The molecule has 1 fully saturated rings. The molecule has 0 aliphatic carbocycles. The first-order valence-corrected chi connectivity index (χ1v) is 8.50. The largest absolute Gasteiger partial charge is 0.351 e. The van der Waals surface area contributed by atoms with Gasteiger partial charge in [-0.25, -0.2) is 9.97 Å². The number of aromatic nitrogens is 3. The zero-order valence-electron chi connectivity index (χ0n) is 14.5. The zero-order chi connectivity index (χ0) is 17.4. The number of ketones is 1. The lowest BCUT2D eigenvalue weighted by Crippen LogP contribution is -2.45. The number of hydrogen-bond donors (Lipinski definition) is 0. The molecule has 1 aliphatic heterocycles. The van der Waals surface area contributed by atoms with Gasteiger partial charge in [-0.1, -0.05) is 18.2 Å². The van der Waals surface area contributed by atoms with Crippen molar-refractivity contribution in [3.05, 3.63) is 48.4 Å². The van der Waals surface area contributed by atoms with E-state index in [0.29, 0.717) is 5.56 Å². The van der Waals surface area contributed by atoms with Crippen LogP contribution in [0.1, 0.15) is 17.3 Å². The number of Topliss-reactive ketones (excluding diaryl/α,β-unsaturated/α-hetero) is 1. The molecule has 3 aromatic rings. The molecule has 1 aliphatic rings. The van der Waals surface area contributed by atoms with Gasteiger partial charge in [-0.15, -0.1) is 0 Å². The highest BCUT2D eigenvalue weighted by atomic mass is 16.1. The van der Waals surface area contributed by atoms with Crippen LogP contribution in [-0.2, 0) is 0 Å². The first-order valence-electron chi connectivity index (χ1n) is 8.50. The van der Waals surface area contributed by atoms with E-state index in [0.717, 1.165) is 48.9 Å². The Labute approximate surface area is 146 Å². The van der Waals surface area contributed by atoms with E-state index in [9.17, 15) is 4.79 Å². The predicted molar refractivity (Wildman–Crippen MR) is 98.1 cm³/mol. The van der Waals surface area contributed by atoms with Gasteiger partial charge in [-0.05, 0) is 20.0 Å². The van der Waals surface area contributed by atoms with Crippen molar-refractivity contribution in [2.45, 2.75) is 6.92 Å². The Hall–Kier alpha value is -2.73. The molecule has 0 bridgehead atoms. The summed E-state index contributed by atoms with van der Waals surface area (Å²) in [5.41, 5.74) is 3.52. The lowest BCUT2D eigenvalue weighted by Gasteiger charge is -2.33. The monoisotopic (exact) mass is 335 g/mol. The van der Waals surface area contributed by atoms with Crippen LogP contribution < -0.4 is 4.90 Å². The van der Waals surface area contributed by atoms with Crippen molar-refractivity contribution < 1.29 is 4.79 Å². The van der Waals surface area contributed by atoms with Gasteiger partial charge < -0.3 is 9.80 Å². The molecular formula is C19H21N5O. The summed E-state index contributed by atoms with van der Waals surface area (Å²) in [6.07, 6.45) is 5.61. The number of carbonyl (C=O) groups excluding carboxylic acids is 1. The van der Waals surface area contributed by atoms with Crippen LogP contribution in [-0.4, -0.2) is 58.3 Å². The SMILES string of the molecule is CC(=O)c1cccc(-c2cnc3c(N4CCN(C)CC4)nccn23)c1. The fraction of sp³-hybridized carbons (Fsp3) is 0.316. The third kappa shape index (κ3) is 2.89. The molecule has 6 heteroatoms. The second-order valence-electron chi connectivity index (χ2n) is 6.52. The van der Waals surface area contributed by atoms with E-state index in [1.807, 2.05) is 42.9 Å². The van der Waals surface area contributed by atoms with Crippen LogP contribution >= 0.6 is 0 Å². The number of imidazole rings is 1. The van der Waals surface area contributed by atoms with Gasteiger partial charge in [0.15, 0.2) is 17.2 Å². The molecule has 0 atom stereocenters. The van der Waals surface area contributed by atoms with E-state index in [1.165, 1.54) is 0 Å². The highest BCUT2D eigenvalue weighted by molar-refractivity contribution is 5.95. The number of piperazine rings is 1. The predicted octanol–water partition coefficient (Wildman–Crippen LogP) is 2.35. The lowest BCUT2D eigenvalue weighted by atomic mass is 10.1. The fourth-order valence-electron chi connectivity index (χ4n) is 3.26. The van der Waals surface area contributed by atoms with Crippen molar-refractivity contribution in [3.63, 3.8) is 0 Å². The second-order valence-corrected chi connectivity index (χ2v) is 6.52. The van der Waals surface area contributed by atoms with Gasteiger partial charge in [0.25, 0.3) is 0 Å². The van der Waals surface area contributed by atoms with Gasteiger partial charge in [-0.2, -0.15) is 0 Å². The van der Waals surface area contributed by atoms with Gasteiger partial charge in [0.05, 0.1) is 11.9 Å². The van der Waals surface area contributed by atoms with Crippen LogP contribution in [0, 0.1) is 0 Å². The Morgan fingerprint density at radius 2 is 1.92 bits per heavy atom. The van der Waals surface area contributed by atoms with E-state index in [2.05, 4.69) is 31.2 Å². The molecule has 0 spiro atoms. The van der Waals surface area contributed by atoms with Gasteiger partial charge in [0.2, 0.25) is 0 Å². The molecule has 0 unspecified atom stereocenters. The van der Waals surface area contributed by atoms with E-state index >= 15 is 0 Å². The molecule has 25 heavy (non-hydrogen) atoms. The third-order valence-electron chi connectivity index (χ3n) is 4.78. The van der Waals surface area contributed by atoms with Crippen LogP contribution in [0.5, 0.6) is 0 Å². The van der Waals surface area contributed by atoms with Crippen LogP contribution in [0.25, 0.3) is 16.9 Å². The molecule has 0 amide bonds. The van der Waals surface area contributed by atoms with E-state index < -0.39 is 0 Å². The maximum atomic E-state index is 11.7. The maximum absolute atomic E-state index is 11.7. The Kier molecular flexibility index (Phi) is 3.97. The normalized spacial score (nSPS) is 15.7. The minimum Gasteiger partial charge on any atom is -0.351 e. The number of anilines is 1. The summed E-state index contributed by atoms with van der Waals surface area (Å²) in [7, 11) is 2.14. The summed E-state index contributed by atoms with van der Waals surface area (Å²) in [4.78, 5) is 25.5. The Morgan fingerprint density at radius 3 is 2.68 bits per heavy atom. The first kappa shape index (κ1) is 15.8. The molecule has 4 rings (SSSR count). The van der Waals surface area contributed by atoms with Crippen molar-refractivity contribution in [3.8, 4) is 11.3 Å². The number of likely N-dealkylation sites (N-methyl/N-ethyl adjacent to an activating group) is 1. The molecule has 1 aromatic carbocycles. The van der Waals surface area contributed by atoms with Crippen LogP contribution in [0.4, 0.5) is 5.82 Å².